The molecule has 0 aromatic carbocycles. The van der Waals surface area contributed by atoms with E-state index in [4.69, 9.17) is 36.7 Å². The van der Waals surface area contributed by atoms with Gasteiger partial charge in [-0.2, -0.15) is 0 Å². The van der Waals surface area contributed by atoms with Crippen LogP contribution in [0.2, 0.25) is 0 Å². The van der Waals surface area contributed by atoms with Gasteiger partial charge in [0.1, 0.15) is 0 Å². The summed E-state index contributed by atoms with van der Waals surface area (Å²) in [4.78, 5) is 33.1. The molecule has 0 aliphatic carbocycles. The zero-order valence-electron chi connectivity index (χ0n) is 8.25. The third-order valence-electron chi connectivity index (χ3n) is 0. The quantitative estimate of drug-likeness (QED) is 0.248. The van der Waals surface area contributed by atoms with Crippen LogP contribution in [0.15, 0.2) is 0 Å². The van der Waals surface area contributed by atoms with Crippen LogP contribution < -0.4 is 112 Å². The molecule has 0 unspecified atom stereocenters. The predicted octanol–water partition coefficient (Wildman–Crippen LogP) is -18.6. The van der Waals surface area contributed by atoms with Gasteiger partial charge in [-0.05, 0) is 0 Å². The minimum atomic E-state index is -5.36. The Balaban J connectivity index is -0.00000000970. The van der Waals surface area contributed by atoms with Crippen LogP contribution >= 0.6 is 0 Å². The minimum Gasteiger partial charge on any atom is -1.00 e. The van der Waals surface area contributed by atoms with Gasteiger partial charge in [-0.1, -0.05) is 0 Å². The molecular formula is HAlCaClFKNaO8SSi. The first-order valence-electron chi connectivity index (χ1n) is 1.50. The molecule has 0 aromatic heterocycles. The van der Waals surface area contributed by atoms with E-state index in [1.807, 2.05) is 0 Å². The second kappa shape index (κ2) is 24.6. The first-order chi connectivity index (χ1) is 4.00. The van der Waals surface area contributed by atoms with Gasteiger partial charge >= 0.3 is 136 Å². The van der Waals surface area contributed by atoms with Crippen molar-refractivity contribution in [2.75, 3.05) is 0 Å². The van der Waals surface area contributed by atoms with Crippen LogP contribution in [0.5, 0.6) is 0 Å². The summed E-state index contributed by atoms with van der Waals surface area (Å²) in [5.74, 6) is 0. The van der Waals surface area contributed by atoms with E-state index >= 15 is 0 Å². The van der Waals surface area contributed by atoms with Crippen LogP contribution in [0.4, 0.5) is 0 Å². The molecular weight excluding hydrogens is 372 g/mol. The largest absolute Gasteiger partial charge is 3.00 e. The molecule has 16 heteroatoms. The average molecular weight is 373 g/mol. The number of halogens is 2. The van der Waals surface area contributed by atoms with Crippen molar-refractivity contribution in [2.45, 2.75) is 0 Å². The standard InChI is InChI=1S/Al.Ca.ClH.FH.K.Na.H2O4S.HO4Si/c;;;;;;2*1-5(2,3)4/h;;2*1H;;;(H2,1,2,3,4);1H/q+3;+2;;;2*+1;;-3/p-4. The molecule has 0 amide bonds. The summed E-state index contributed by atoms with van der Waals surface area (Å²) in [5.41, 5.74) is 0. The van der Waals surface area contributed by atoms with Crippen LogP contribution in [-0.2, 0) is 10.4 Å². The maximum atomic E-state index is 8.69. The Morgan fingerprint density at radius 1 is 1.06 bits per heavy atom. The molecule has 8 nitrogen and oxygen atoms in total. The van der Waals surface area contributed by atoms with Crippen molar-refractivity contribution >= 4 is 74.5 Å². The summed E-state index contributed by atoms with van der Waals surface area (Å²) in [6.07, 6.45) is 0. The maximum Gasteiger partial charge on any atom is 3.00 e. The van der Waals surface area contributed by atoms with Crippen LogP contribution in [0.1, 0.15) is 0 Å². The first kappa shape index (κ1) is 49.9. The second-order valence-corrected chi connectivity index (χ2v) is 2.80. The molecule has 0 rings (SSSR count). The Bertz CT molecular complexity index is 175. The van der Waals surface area contributed by atoms with Crippen molar-refractivity contribution in [3.05, 3.63) is 0 Å². The van der Waals surface area contributed by atoms with E-state index in [0.717, 1.165) is 0 Å². The molecule has 80 valence electrons. The van der Waals surface area contributed by atoms with Gasteiger partial charge in [0.05, 0.1) is 0 Å². The Hall–Kier alpha value is 4.58. The second-order valence-electron chi connectivity index (χ2n) is 0.932. The van der Waals surface area contributed by atoms with E-state index in [2.05, 4.69) is 0 Å². The molecule has 0 saturated heterocycles. The zero-order valence-corrected chi connectivity index (χ0v) is 19.3. The normalized spacial score (nSPS) is 7.38. The summed E-state index contributed by atoms with van der Waals surface area (Å²) >= 11 is 0. The van der Waals surface area contributed by atoms with Crippen molar-refractivity contribution in [3.8, 4) is 0 Å². The molecule has 16 heavy (non-hydrogen) atoms. The SMILES string of the molecule is O=S(=O)([O-])[O-].[Al+3].[Ca+2].[Cl-].[F-].[K+].[Na+].[O-][Si]([O-])([O-])O. The average Bonchev–Trinajstić information content (AvgIpc) is 1.12. The van der Waals surface area contributed by atoms with Gasteiger partial charge in [0, 0.05) is 10.4 Å². The Morgan fingerprint density at radius 2 is 1.06 bits per heavy atom. The van der Waals surface area contributed by atoms with Crippen LogP contribution in [0, 0.1) is 0 Å². The van der Waals surface area contributed by atoms with E-state index in [9.17, 15) is 0 Å². The van der Waals surface area contributed by atoms with Gasteiger partial charge in [0.2, 0.25) is 0 Å². The van der Waals surface area contributed by atoms with Crippen molar-refractivity contribution in [3.63, 3.8) is 0 Å². The summed E-state index contributed by atoms with van der Waals surface area (Å²) in [6, 6.07) is 0. The van der Waals surface area contributed by atoms with Gasteiger partial charge in [0.15, 0.2) is 0 Å². The summed E-state index contributed by atoms with van der Waals surface area (Å²) in [6.45, 7) is 0. The Kier molecular flexibility index (Phi) is 76.6. The van der Waals surface area contributed by atoms with Crippen molar-refractivity contribution in [1.29, 1.82) is 0 Å². The van der Waals surface area contributed by atoms with Gasteiger partial charge < -0.3 is 45.4 Å². The molecule has 0 aliphatic heterocycles. The minimum absolute atomic E-state index is 0. The molecule has 0 bridgehead atoms. The Morgan fingerprint density at radius 3 is 1.06 bits per heavy atom. The third-order valence-corrected chi connectivity index (χ3v) is 0. The fraction of sp³-hybridized carbons (Fsp3) is 0. The van der Waals surface area contributed by atoms with E-state index in [0.29, 0.717) is 0 Å². The van der Waals surface area contributed by atoms with E-state index in [1.54, 1.807) is 0 Å². The molecule has 0 fully saturated rings. The third kappa shape index (κ3) is 274. The smallest absolute Gasteiger partial charge is 1.00 e. The summed E-state index contributed by atoms with van der Waals surface area (Å²) in [7, 11) is -10.5. The van der Waals surface area contributed by atoms with Crippen LogP contribution in [0.3, 0.4) is 0 Å². The first-order valence-corrected chi connectivity index (χ1v) is 4.51. The zero-order chi connectivity index (χ0) is 9.00. The fourth-order valence-corrected chi connectivity index (χ4v) is 0. The van der Waals surface area contributed by atoms with E-state index in [1.165, 1.54) is 0 Å². The predicted molar refractivity (Wildman–Crippen MR) is 30.0 cm³/mol. The van der Waals surface area contributed by atoms with Crippen molar-refractivity contribution in [2.24, 2.45) is 0 Å². The molecule has 0 aromatic rings. The maximum absolute atomic E-state index is 8.69. The van der Waals surface area contributed by atoms with E-state index in [-0.39, 0.29) is 153 Å². The van der Waals surface area contributed by atoms with Crippen LogP contribution in [-0.4, -0.2) is 86.5 Å². The Labute approximate surface area is 204 Å². The molecule has 1 N–H and O–H groups in total. The van der Waals surface area contributed by atoms with Gasteiger partial charge in [0.25, 0.3) is 0 Å². The van der Waals surface area contributed by atoms with Crippen LogP contribution in [0.25, 0.3) is 0 Å². The molecule has 0 atom stereocenters. The van der Waals surface area contributed by atoms with Crippen molar-refractivity contribution in [1.82, 2.24) is 0 Å². The fourth-order valence-electron chi connectivity index (χ4n) is 0. The van der Waals surface area contributed by atoms with E-state index < -0.39 is 19.4 Å². The number of hydrogen-bond donors (Lipinski definition) is 1. The van der Waals surface area contributed by atoms with Gasteiger partial charge in [-0.15, -0.1) is 9.05 Å². The topological polar surface area (TPSA) is 170 Å². The van der Waals surface area contributed by atoms with Crippen molar-refractivity contribution < 1.29 is 135 Å². The molecule has 0 radical (unpaired) electrons. The molecule has 0 saturated carbocycles. The van der Waals surface area contributed by atoms with Gasteiger partial charge in [-0.25, -0.2) is 0 Å². The molecule has 0 aliphatic rings. The summed E-state index contributed by atoms with van der Waals surface area (Å²) < 4.78 is 34.1. The number of hydrogen-bond acceptors (Lipinski definition) is 8. The van der Waals surface area contributed by atoms with Gasteiger partial charge in [-0.3, -0.25) is 8.42 Å². The number of rotatable bonds is 0. The molecule has 0 heterocycles. The molecule has 0 spiro atoms. The summed E-state index contributed by atoms with van der Waals surface area (Å²) in [5, 5.41) is 0. The monoisotopic (exact) mass is 372 g/mol.